The molecule has 1 fully saturated rings. The van der Waals surface area contributed by atoms with Gasteiger partial charge in [-0.3, -0.25) is 9.38 Å². The fraction of sp³-hybridized carbons (Fsp3) is 0.350. The maximum atomic E-state index is 12.7. The highest BCUT2D eigenvalue weighted by molar-refractivity contribution is 7.89. The van der Waals surface area contributed by atoms with Crippen molar-refractivity contribution in [2.75, 3.05) is 7.05 Å². The van der Waals surface area contributed by atoms with Crippen LogP contribution in [0.1, 0.15) is 37.8 Å². The van der Waals surface area contributed by atoms with Gasteiger partial charge in [0.15, 0.2) is 0 Å². The fourth-order valence-electron chi connectivity index (χ4n) is 3.58. The predicted molar refractivity (Wildman–Crippen MR) is 110 cm³/mol. The van der Waals surface area contributed by atoms with Crippen molar-refractivity contribution in [3.63, 3.8) is 0 Å². The first-order valence-electron chi connectivity index (χ1n) is 9.45. The van der Waals surface area contributed by atoms with Gasteiger partial charge in [0.25, 0.3) is 10.0 Å². The summed E-state index contributed by atoms with van der Waals surface area (Å²) < 4.78 is 28.5. The van der Waals surface area contributed by atoms with Gasteiger partial charge in [0, 0.05) is 36.8 Å². The summed E-state index contributed by atoms with van der Waals surface area (Å²) in [7, 11) is -1.92. The molecule has 7 nitrogen and oxygen atoms in total. The van der Waals surface area contributed by atoms with Crippen molar-refractivity contribution in [3.8, 4) is 11.1 Å². The Kier molecular flexibility index (Phi) is 5.13. The number of hydrogen-bond acceptors (Lipinski definition) is 5. The van der Waals surface area contributed by atoms with Crippen molar-refractivity contribution in [1.82, 2.24) is 18.8 Å². The Bertz CT molecular complexity index is 1090. The molecule has 1 aliphatic rings. The molecule has 8 heteroatoms. The first kappa shape index (κ1) is 18.6. The molecule has 3 heterocycles. The van der Waals surface area contributed by atoms with E-state index in [0.29, 0.717) is 18.5 Å². The summed E-state index contributed by atoms with van der Waals surface area (Å²) in [4.78, 5) is 8.53. The van der Waals surface area contributed by atoms with E-state index in [1.54, 1.807) is 24.8 Å². The molecule has 0 spiro atoms. The van der Waals surface area contributed by atoms with E-state index in [1.165, 1.54) is 7.05 Å². The van der Waals surface area contributed by atoms with Crippen molar-refractivity contribution < 1.29 is 8.42 Å². The lowest BCUT2D eigenvalue weighted by Crippen LogP contribution is -2.34. The van der Waals surface area contributed by atoms with Crippen molar-refractivity contribution in [3.05, 3.63) is 54.7 Å². The van der Waals surface area contributed by atoms with Gasteiger partial charge in [0.1, 0.15) is 5.65 Å². The summed E-state index contributed by atoms with van der Waals surface area (Å²) in [6.45, 7) is 0. The van der Waals surface area contributed by atoms with Gasteiger partial charge < -0.3 is 0 Å². The second-order valence-corrected chi connectivity index (χ2v) is 9.28. The Labute approximate surface area is 164 Å². The average Bonchev–Trinajstić information content (AvgIpc) is 3.15. The Balaban J connectivity index is 1.60. The van der Waals surface area contributed by atoms with Gasteiger partial charge in [0.2, 0.25) is 0 Å². The van der Waals surface area contributed by atoms with Crippen LogP contribution in [0.3, 0.4) is 0 Å². The third kappa shape index (κ3) is 3.64. The van der Waals surface area contributed by atoms with Crippen molar-refractivity contribution in [2.24, 2.45) is 5.10 Å². The number of aromatic nitrogens is 3. The zero-order valence-electron chi connectivity index (χ0n) is 15.8. The third-order valence-electron chi connectivity index (χ3n) is 5.22. The topological polar surface area (TPSA) is 79.9 Å². The van der Waals surface area contributed by atoms with E-state index >= 15 is 0 Å². The first-order valence-corrected chi connectivity index (χ1v) is 11.0. The van der Waals surface area contributed by atoms with E-state index in [-0.39, 0.29) is 5.25 Å². The van der Waals surface area contributed by atoms with Crippen LogP contribution in [0.25, 0.3) is 16.8 Å². The molecule has 28 heavy (non-hydrogen) atoms. The van der Waals surface area contributed by atoms with Gasteiger partial charge in [-0.05, 0) is 31.0 Å². The second-order valence-electron chi connectivity index (χ2n) is 7.05. The average molecular weight is 398 g/mol. The van der Waals surface area contributed by atoms with E-state index in [0.717, 1.165) is 40.5 Å². The standard InChI is InChI=1S/C20H23N5O2S/c1-24(28(26,27)19-7-3-2-4-8-19)23-14-18-13-22-20-10-9-17(15-25(18)20)16-6-5-11-21-12-16/h5-6,9-15,19H,2-4,7-8H2,1H3/b23-14+. The molecule has 4 rings (SSSR count). The summed E-state index contributed by atoms with van der Waals surface area (Å²) in [6, 6.07) is 7.78. The van der Waals surface area contributed by atoms with Gasteiger partial charge in [-0.15, -0.1) is 0 Å². The van der Waals surface area contributed by atoms with E-state index in [1.807, 2.05) is 34.9 Å². The number of rotatable bonds is 5. The highest BCUT2D eigenvalue weighted by Crippen LogP contribution is 2.25. The van der Waals surface area contributed by atoms with E-state index in [2.05, 4.69) is 15.1 Å². The Hall–Kier alpha value is -2.74. The number of hydrogen-bond donors (Lipinski definition) is 0. The molecule has 0 radical (unpaired) electrons. The van der Waals surface area contributed by atoms with Crippen molar-refractivity contribution >= 4 is 21.9 Å². The van der Waals surface area contributed by atoms with Crippen LogP contribution in [0.15, 0.2) is 54.2 Å². The van der Waals surface area contributed by atoms with Gasteiger partial charge >= 0.3 is 0 Å². The van der Waals surface area contributed by atoms with Crippen LogP contribution in [0.2, 0.25) is 0 Å². The lowest BCUT2D eigenvalue weighted by atomic mass is 10.0. The number of fused-ring (bicyclic) bond motifs is 1. The van der Waals surface area contributed by atoms with Crippen LogP contribution in [0.5, 0.6) is 0 Å². The minimum atomic E-state index is -3.42. The fourth-order valence-corrected chi connectivity index (χ4v) is 5.12. The monoisotopic (exact) mass is 397 g/mol. The van der Waals surface area contributed by atoms with E-state index < -0.39 is 10.0 Å². The first-order chi connectivity index (χ1) is 13.6. The van der Waals surface area contributed by atoms with Crippen LogP contribution in [-0.4, -0.2) is 45.7 Å². The SMILES string of the molecule is CN(/N=C/c1cnc2ccc(-c3cccnc3)cn12)S(=O)(=O)C1CCCCC1. The van der Waals surface area contributed by atoms with Crippen LogP contribution < -0.4 is 0 Å². The van der Waals surface area contributed by atoms with Gasteiger partial charge in [-0.1, -0.05) is 25.3 Å². The summed E-state index contributed by atoms with van der Waals surface area (Å²) >= 11 is 0. The Morgan fingerprint density at radius 2 is 1.96 bits per heavy atom. The maximum absolute atomic E-state index is 12.7. The van der Waals surface area contributed by atoms with E-state index in [4.69, 9.17) is 0 Å². The molecule has 0 aliphatic heterocycles. The molecule has 0 saturated heterocycles. The highest BCUT2D eigenvalue weighted by atomic mass is 32.2. The predicted octanol–water partition coefficient (Wildman–Crippen LogP) is 3.32. The summed E-state index contributed by atoms with van der Waals surface area (Å²) in [5.41, 5.74) is 3.48. The molecule has 0 amide bonds. The van der Waals surface area contributed by atoms with Crippen molar-refractivity contribution in [2.45, 2.75) is 37.4 Å². The zero-order valence-corrected chi connectivity index (χ0v) is 16.6. The molecule has 0 N–H and O–H groups in total. The normalized spacial score (nSPS) is 16.0. The largest absolute Gasteiger partial charge is 0.298 e. The van der Waals surface area contributed by atoms with Crippen molar-refractivity contribution in [1.29, 1.82) is 0 Å². The lowest BCUT2D eigenvalue weighted by molar-refractivity contribution is 0.435. The zero-order chi connectivity index (χ0) is 19.6. The second kappa shape index (κ2) is 7.71. The number of imidazole rings is 1. The molecule has 3 aromatic rings. The van der Waals surface area contributed by atoms with Gasteiger partial charge in [-0.25, -0.2) is 13.4 Å². The smallest absolute Gasteiger partial charge is 0.252 e. The molecule has 3 aromatic heterocycles. The Morgan fingerprint density at radius 3 is 2.71 bits per heavy atom. The number of hydrazone groups is 1. The lowest BCUT2D eigenvalue weighted by Gasteiger charge is -2.25. The van der Waals surface area contributed by atoms with Gasteiger partial charge in [-0.2, -0.15) is 9.52 Å². The van der Waals surface area contributed by atoms with E-state index in [9.17, 15) is 8.42 Å². The summed E-state index contributed by atoms with van der Waals surface area (Å²) in [6.07, 6.45) is 13.2. The maximum Gasteiger partial charge on any atom is 0.252 e. The van der Waals surface area contributed by atoms with Crippen LogP contribution in [0.4, 0.5) is 0 Å². The molecule has 146 valence electrons. The number of pyridine rings is 2. The molecule has 0 atom stereocenters. The third-order valence-corrected chi connectivity index (χ3v) is 7.37. The van der Waals surface area contributed by atoms with Crippen LogP contribution in [-0.2, 0) is 10.0 Å². The number of nitrogens with zero attached hydrogens (tertiary/aromatic N) is 5. The summed E-state index contributed by atoms with van der Waals surface area (Å²) in [5, 5.41) is 3.88. The molecule has 0 unspecified atom stereocenters. The van der Waals surface area contributed by atoms with Gasteiger partial charge in [0.05, 0.1) is 23.4 Å². The minimum Gasteiger partial charge on any atom is -0.298 e. The van der Waals surface area contributed by atoms with Crippen LogP contribution >= 0.6 is 0 Å². The minimum absolute atomic E-state index is 0.331. The molecular weight excluding hydrogens is 374 g/mol. The molecular formula is C20H23N5O2S. The Morgan fingerprint density at radius 1 is 1.14 bits per heavy atom. The molecule has 0 bridgehead atoms. The number of sulfonamides is 1. The molecule has 0 aromatic carbocycles. The van der Waals surface area contributed by atoms with Crippen LogP contribution in [0, 0.1) is 0 Å². The molecule has 1 saturated carbocycles. The quantitative estimate of drug-likeness (QED) is 0.489. The molecule has 1 aliphatic carbocycles. The summed E-state index contributed by atoms with van der Waals surface area (Å²) in [5.74, 6) is 0. The highest BCUT2D eigenvalue weighted by Gasteiger charge is 2.30.